The molecule has 1 aliphatic rings. The first kappa shape index (κ1) is 12.9. The topological polar surface area (TPSA) is 55.2 Å². The molecule has 6 heteroatoms. The summed E-state index contributed by atoms with van der Waals surface area (Å²) in [4.78, 5) is 10.2. The Balaban J connectivity index is 1.86. The molecule has 94 valence electrons. The fourth-order valence-electron chi connectivity index (χ4n) is 2.24. The molecule has 0 aromatic carbocycles. The summed E-state index contributed by atoms with van der Waals surface area (Å²) in [6.45, 7) is 0.742. The Labute approximate surface area is 109 Å². The summed E-state index contributed by atoms with van der Waals surface area (Å²) in [5.41, 5.74) is 1.02. The standard InChI is InChI=1S/C11H16N2O2S2/c1-16-10-4-2-3-9(10)12-6-8-5-11(13(14)15)17-7-8/h5,7,9-10,12H,2-4,6H2,1H3. The maximum Gasteiger partial charge on any atom is 0.324 e. The molecule has 1 aliphatic carbocycles. The van der Waals surface area contributed by atoms with Crippen molar-refractivity contribution in [3.8, 4) is 0 Å². The third-order valence-corrected chi connectivity index (χ3v) is 5.24. The molecule has 0 radical (unpaired) electrons. The second-order valence-electron chi connectivity index (χ2n) is 4.24. The van der Waals surface area contributed by atoms with Gasteiger partial charge in [-0.2, -0.15) is 11.8 Å². The Morgan fingerprint density at radius 2 is 2.47 bits per heavy atom. The highest BCUT2D eigenvalue weighted by Crippen LogP contribution is 2.29. The van der Waals surface area contributed by atoms with E-state index < -0.39 is 0 Å². The van der Waals surface area contributed by atoms with Crippen LogP contribution in [0.25, 0.3) is 0 Å². The van der Waals surface area contributed by atoms with Crippen LogP contribution < -0.4 is 5.32 Å². The van der Waals surface area contributed by atoms with Crippen LogP contribution in [0.2, 0.25) is 0 Å². The molecule has 1 heterocycles. The Kier molecular flexibility index (Phi) is 4.42. The summed E-state index contributed by atoms with van der Waals surface area (Å²) in [5.74, 6) is 0. The maximum atomic E-state index is 10.6. The molecule has 0 saturated heterocycles. The lowest BCUT2D eigenvalue weighted by Gasteiger charge is -2.18. The van der Waals surface area contributed by atoms with E-state index in [-0.39, 0.29) is 9.92 Å². The molecule has 0 spiro atoms. The molecule has 1 N–H and O–H groups in total. The summed E-state index contributed by atoms with van der Waals surface area (Å²) in [6.07, 6.45) is 5.94. The average molecular weight is 272 g/mol. The number of rotatable bonds is 5. The molecule has 2 atom stereocenters. The van der Waals surface area contributed by atoms with Crippen LogP contribution in [0.4, 0.5) is 5.00 Å². The largest absolute Gasteiger partial charge is 0.324 e. The van der Waals surface area contributed by atoms with Gasteiger partial charge in [-0.05, 0) is 24.7 Å². The van der Waals surface area contributed by atoms with Crippen molar-refractivity contribution >= 4 is 28.1 Å². The first-order chi connectivity index (χ1) is 8.20. The van der Waals surface area contributed by atoms with E-state index in [2.05, 4.69) is 11.6 Å². The minimum atomic E-state index is -0.325. The summed E-state index contributed by atoms with van der Waals surface area (Å²) in [5, 5.41) is 16.9. The molecule has 2 rings (SSSR count). The van der Waals surface area contributed by atoms with Crippen molar-refractivity contribution in [1.29, 1.82) is 0 Å². The first-order valence-electron chi connectivity index (χ1n) is 5.68. The third kappa shape index (κ3) is 3.20. The monoisotopic (exact) mass is 272 g/mol. The zero-order valence-electron chi connectivity index (χ0n) is 9.72. The van der Waals surface area contributed by atoms with Gasteiger partial charge >= 0.3 is 5.00 Å². The summed E-state index contributed by atoms with van der Waals surface area (Å²) in [7, 11) is 0. The zero-order valence-corrected chi connectivity index (χ0v) is 11.4. The van der Waals surface area contributed by atoms with Crippen LogP contribution in [0.3, 0.4) is 0 Å². The third-order valence-electron chi connectivity index (χ3n) is 3.14. The highest BCUT2D eigenvalue weighted by molar-refractivity contribution is 7.99. The molecule has 2 unspecified atom stereocenters. The number of hydrogen-bond donors (Lipinski definition) is 1. The van der Waals surface area contributed by atoms with E-state index >= 15 is 0 Å². The van der Waals surface area contributed by atoms with Crippen LogP contribution in [-0.2, 0) is 6.54 Å². The zero-order chi connectivity index (χ0) is 12.3. The Morgan fingerprint density at radius 1 is 1.65 bits per heavy atom. The normalized spacial score (nSPS) is 24.1. The Bertz CT molecular complexity index is 395. The molecule has 1 fully saturated rings. The molecule has 0 bridgehead atoms. The van der Waals surface area contributed by atoms with Gasteiger partial charge in [-0.3, -0.25) is 10.1 Å². The SMILES string of the molecule is CSC1CCCC1NCc1csc([N+](=O)[O-])c1. The minimum Gasteiger partial charge on any atom is -0.309 e. The van der Waals surface area contributed by atoms with E-state index in [0.29, 0.717) is 11.3 Å². The van der Waals surface area contributed by atoms with Gasteiger partial charge in [-0.25, -0.2) is 0 Å². The molecule has 1 aromatic rings. The highest BCUT2D eigenvalue weighted by Gasteiger charge is 2.25. The van der Waals surface area contributed by atoms with Crippen molar-refractivity contribution in [2.45, 2.75) is 37.1 Å². The molecular formula is C11H16N2O2S2. The van der Waals surface area contributed by atoms with Crippen LogP contribution in [-0.4, -0.2) is 22.5 Å². The number of nitro groups is 1. The van der Waals surface area contributed by atoms with Gasteiger partial charge in [-0.1, -0.05) is 17.8 Å². The lowest BCUT2D eigenvalue weighted by Crippen LogP contribution is -2.33. The summed E-state index contributed by atoms with van der Waals surface area (Å²) >= 11 is 3.12. The van der Waals surface area contributed by atoms with Crippen molar-refractivity contribution in [1.82, 2.24) is 5.32 Å². The average Bonchev–Trinajstić information content (AvgIpc) is 2.95. The van der Waals surface area contributed by atoms with Crippen LogP contribution in [0.1, 0.15) is 24.8 Å². The lowest BCUT2D eigenvalue weighted by molar-refractivity contribution is -0.380. The van der Waals surface area contributed by atoms with Gasteiger partial charge in [-0.15, -0.1) is 0 Å². The number of hydrogen-bond acceptors (Lipinski definition) is 5. The van der Waals surface area contributed by atoms with E-state index in [9.17, 15) is 10.1 Å². The van der Waals surface area contributed by atoms with E-state index in [1.165, 1.54) is 30.6 Å². The lowest BCUT2D eigenvalue weighted by atomic mass is 10.2. The maximum absolute atomic E-state index is 10.6. The van der Waals surface area contributed by atoms with Crippen LogP contribution >= 0.6 is 23.1 Å². The predicted octanol–water partition coefficient (Wildman–Crippen LogP) is 3.03. The van der Waals surface area contributed by atoms with E-state index in [1.54, 1.807) is 6.07 Å². The quantitative estimate of drug-likeness (QED) is 0.661. The van der Waals surface area contributed by atoms with Crippen LogP contribution in [0, 0.1) is 10.1 Å². The molecule has 0 amide bonds. The van der Waals surface area contributed by atoms with E-state index in [0.717, 1.165) is 12.1 Å². The molecule has 1 aromatic heterocycles. The van der Waals surface area contributed by atoms with Crippen molar-refractivity contribution in [3.05, 3.63) is 27.1 Å². The van der Waals surface area contributed by atoms with Gasteiger partial charge in [0.25, 0.3) is 0 Å². The van der Waals surface area contributed by atoms with Gasteiger partial charge in [0.2, 0.25) is 0 Å². The van der Waals surface area contributed by atoms with Crippen molar-refractivity contribution in [3.63, 3.8) is 0 Å². The van der Waals surface area contributed by atoms with Gasteiger partial charge in [0.05, 0.1) is 4.92 Å². The number of thioether (sulfide) groups is 1. The fraction of sp³-hybridized carbons (Fsp3) is 0.636. The molecule has 1 saturated carbocycles. The summed E-state index contributed by atoms with van der Waals surface area (Å²) < 4.78 is 0. The Morgan fingerprint density at radius 3 is 3.12 bits per heavy atom. The molecule has 0 aliphatic heterocycles. The minimum absolute atomic E-state index is 0.231. The van der Waals surface area contributed by atoms with Crippen LogP contribution in [0.15, 0.2) is 11.4 Å². The number of nitrogens with one attached hydrogen (secondary N) is 1. The van der Waals surface area contributed by atoms with Crippen LogP contribution in [0.5, 0.6) is 0 Å². The van der Waals surface area contributed by atoms with Gasteiger partial charge in [0.1, 0.15) is 0 Å². The van der Waals surface area contributed by atoms with Crippen molar-refractivity contribution in [2.75, 3.05) is 6.26 Å². The summed E-state index contributed by atoms with van der Waals surface area (Å²) in [6, 6.07) is 2.23. The second-order valence-corrected chi connectivity index (χ2v) is 6.21. The van der Waals surface area contributed by atoms with E-state index in [1.807, 2.05) is 17.1 Å². The first-order valence-corrected chi connectivity index (χ1v) is 7.85. The highest BCUT2D eigenvalue weighted by atomic mass is 32.2. The predicted molar refractivity (Wildman–Crippen MR) is 72.8 cm³/mol. The molecule has 17 heavy (non-hydrogen) atoms. The molecular weight excluding hydrogens is 256 g/mol. The smallest absolute Gasteiger partial charge is 0.309 e. The van der Waals surface area contributed by atoms with Gasteiger partial charge in [0.15, 0.2) is 0 Å². The van der Waals surface area contributed by atoms with Crippen molar-refractivity contribution < 1.29 is 4.92 Å². The number of thiophene rings is 1. The molecule has 4 nitrogen and oxygen atoms in total. The Hall–Kier alpha value is -0.590. The number of nitrogens with zero attached hydrogens (tertiary/aromatic N) is 1. The van der Waals surface area contributed by atoms with E-state index in [4.69, 9.17) is 0 Å². The fourth-order valence-corrected chi connectivity index (χ4v) is 3.93. The second kappa shape index (κ2) is 5.84. The van der Waals surface area contributed by atoms with Crippen molar-refractivity contribution in [2.24, 2.45) is 0 Å². The van der Waals surface area contributed by atoms with Gasteiger partial charge in [0, 0.05) is 29.3 Å². The van der Waals surface area contributed by atoms with Gasteiger partial charge < -0.3 is 5.32 Å².